The van der Waals surface area contributed by atoms with Gasteiger partial charge < -0.3 is 4.90 Å². The molecule has 0 fully saturated rings. The number of aryl methyl sites for hydroxylation is 1. The van der Waals surface area contributed by atoms with Crippen molar-refractivity contribution in [2.75, 3.05) is 18.5 Å². The molecule has 0 bridgehead atoms. The molecule has 0 saturated carbocycles. The van der Waals surface area contributed by atoms with Crippen LogP contribution in [0.4, 0.5) is 5.82 Å². The van der Waals surface area contributed by atoms with Crippen molar-refractivity contribution in [3.8, 4) is 0 Å². The Bertz CT molecular complexity index is 493. The summed E-state index contributed by atoms with van der Waals surface area (Å²) in [7, 11) is 2.01. The average molecular weight is 262 g/mol. The molecule has 1 aromatic carbocycles. The number of hydrogen-bond donors (Lipinski definition) is 0. The minimum atomic E-state index is 0.490. The van der Waals surface area contributed by atoms with E-state index in [1.54, 1.807) is 6.07 Å². The van der Waals surface area contributed by atoms with Gasteiger partial charge in [-0.2, -0.15) is 0 Å². The Hall–Kier alpha value is -1.61. The average Bonchev–Trinajstić information content (AvgIpc) is 2.36. The Morgan fingerprint density at radius 2 is 1.89 bits per heavy atom. The van der Waals surface area contributed by atoms with Gasteiger partial charge in [0.05, 0.1) is 0 Å². The van der Waals surface area contributed by atoms with Crippen molar-refractivity contribution in [1.29, 1.82) is 0 Å². The lowest BCUT2D eigenvalue weighted by Crippen LogP contribution is -2.21. The minimum absolute atomic E-state index is 0.490. The highest BCUT2D eigenvalue weighted by Crippen LogP contribution is 2.15. The van der Waals surface area contributed by atoms with Crippen LogP contribution in [-0.2, 0) is 6.42 Å². The smallest absolute Gasteiger partial charge is 0.134 e. The van der Waals surface area contributed by atoms with Crippen LogP contribution in [0.2, 0.25) is 5.15 Å². The van der Waals surface area contributed by atoms with Crippen LogP contribution in [0.3, 0.4) is 0 Å². The number of rotatable bonds is 4. The largest absolute Gasteiger partial charge is 0.359 e. The van der Waals surface area contributed by atoms with Gasteiger partial charge in [-0.15, -0.1) is 0 Å². The van der Waals surface area contributed by atoms with Crippen LogP contribution < -0.4 is 4.90 Å². The Morgan fingerprint density at radius 1 is 1.17 bits per heavy atom. The molecule has 18 heavy (non-hydrogen) atoms. The molecule has 1 heterocycles. The van der Waals surface area contributed by atoms with Crippen molar-refractivity contribution in [2.24, 2.45) is 0 Å². The maximum Gasteiger partial charge on any atom is 0.134 e. The monoisotopic (exact) mass is 261 g/mol. The van der Waals surface area contributed by atoms with Crippen LogP contribution in [0, 0.1) is 6.92 Å². The second kappa shape index (κ2) is 5.83. The van der Waals surface area contributed by atoms with Crippen LogP contribution in [-0.4, -0.2) is 23.6 Å². The van der Waals surface area contributed by atoms with Crippen LogP contribution >= 0.6 is 11.6 Å². The molecule has 0 saturated heterocycles. The number of anilines is 1. The van der Waals surface area contributed by atoms with Gasteiger partial charge in [0, 0.05) is 19.7 Å². The van der Waals surface area contributed by atoms with Crippen molar-refractivity contribution < 1.29 is 0 Å². The van der Waals surface area contributed by atoms with Gasteiger partial charge in [0.1, 0.15) is 16.8 Å². The van der Waals surface area contributed by atoms with E-state index < -0.39 is 0 Å². The zero-order chi connectivity index (χ0) is 13.0. The third-order valence-corrected chi connectivity index (χ3v) is 2.96. The summed E-state index contributed by atoms with van der Waals surface area (Å²) in [6.07, 6.45) is 0.984. The highest BCUT2D eigenvalue weighted by molar-refractivity contribution is 6.29. The van der Waals surface area contributed by atoms with Crippen LogP contribution in [0.5, 0.6) is 0 Å². The molecular formula is C14H16ClN3. The molecule has 0 aliphatic carbocycles. The SMILES string of the molecule is Cc1nc(Cl)cc(N(C)CCc2ccccc2)n1. The fourth-order valence-electron chi connectivity index (χ4n) is 1.77. The van der Waals surface area contributed by atoms with Gasteiger partial charge in [-0.25, -0.2) is 9.97 Å². The first kappa shape index (κ1) is 12.8. The van der Waals surface area contributed by atoms with Crippen LogP contribution in [0.25, 0.3) is 0 Å². The lowest BCUT2D eigenvalue weighted by Gasteiger charge is -2.18. The van der Waals surface area contributed by atoms with Crippen molar-refractivity contribution in [1.82, 2.24) is 9.97 Å². The highest BCUT2D eigenvalue weighted by atomic mass is 35.5. The summed E-state index contributed by atoms with van der Waals surface area (Å²) in [6, 6.07) is 12.2. The minimum Gasteiger partial charge on any atom is -0.359 e. The molecule has 0 N–H and O–H groups in total. The number of aromatic nitrogens is 2. The molecule has 0 spiro atoms. The molecule has 0 radical (unpaired) electrons. The molecule has 1 aromatic heterocycles. The van der Waals surface area contributed by atoms with E-state index in [0.29, 0.717) is 11.0 Å². The fourth-order valence-corrected chi connectivity index (χ4v) is 1.99. The van der Waals surface area contributed by atoms with Gasteiger partial charge in [-0.3, -0.25) is 0 Å². The molecule has 0 atom stereocenters. The van der Waals surface area contributed by atoms with Crippen molar-refractivity contribution in [3.05, 3.63) is 52.9 Å². The third-order valence-electron chi connectivity index (χ3n) is 2.76. The first-order valence-corrected chi connectivity index (χ1v) is 6.29. The third kappa shape index (κ3) is 3.44. The van der Waals surface area contributed by atoms with Gasteiger partial charge in [0.15, 0.2) is 0 Å². The summed E-state index contributed by atoms with van der Waals surface area (Å²) < 4.78 is 0. The second-order valence-corrected chi connectivity index (χ2v) is 4.64. The summed E-state index contributed by atoms with van der Waals surface area (Å²) in [4.78, 5) is 10.5. The maximum atomic E-state index is 5.93. The Morgan fingerprint density at radius 3 is 2.56 bits per heavy atom. The normalized spacial score (nSPS) is 10.4. The molecule has 4 heteroatoms. The van der Waals surface area contributed by atoms with E-state index >= 15 is 0 Å². The fraction of sp³-hybridized carbons (Fsp3) is 0.286. The number of hydrogen-bond acceptors (Lipinski definition) is 3. The first-order valence-electron chi connectivity index (χ1n) is 5.91. The standard InChI is InChI=1S/C14H16ClN3/c1-11-16-13(15)10-14(17-11)18(2)9-8-12-6-4-3-5-7-12/h3-7,10H,8-9H2,1-2H3. The summed E-state index contributed by atoms with van der Waals surface area (Å²) in [6.45, 7) is 2.75. The Balaban J connectivity index is 2.01. The molecule has 0 amide bonds. The Labute approximate surface area is 112 Å². The maximum absolute atomic E-state index is 5.93. The topological polar surface area (TPSA) is 29.0 Å². The molecule has 2 aromatic rings. The summed E-state index contributed by atoms with van der Waals surface area (Å²) in [5.41, 5.74) is 1.32. The quantitative estimate of drug-likeness (QED) is 0.792. The van der Waals surface area contributed by atoms with Gasteiger partial charge >= 0.3 is 0 Å². The number of nitrogens with zero attached hydrogens (tertiary/aromatic N) is 3. The second-order valence-electron chi connectivity index (χ2n) is 4.25. The Kier molecular flexibility index (Phi) is 4.15. The predicted molar refractivity (Wildman–Crippen MR) is 75.2 cm³/mol. The van der Waals surface area contributed by atoms with Gasteiger partial charge in [0.25, 0.3) is 0 Å². The van der Waals surface area contributed by atoms with Gasteiger partial charge in [0.2, 0.25) is 0 Å². The summed E-state index contributed by atoms with van der Waals surface area (Å²) in [5, 5.41) is 0.490. The molecular weight excluding hydrogens is 246 g/mol. The number of likely N-dealkylation sites (N-methyl/N-ethyl adjacent to an activating group) is 1. The highest BCUT2D eigenvalue weighted by Gasteiger charge is 2.05. The van der Waals surface area contributed by atoms with Crippen molar-refractivity contribution >= 4 is 17.4 Å². The molecule has 0 aliphatic rings. The number of halogens is 1. The molecule has 2 rings (SSSR count). The van der Waals surface area contributed by atoms with E-state index in [1.165, 1.54) is 5.56 Å². The lowest BCUT2D eigenvalue weighted by atomic mass is 10.1. The lowest BCUT2D eigenvalue weighted by molar-refractivity contribution is 0.849. The van der Waals surface area contributed by atoms with E-state index in [-0.39, 0.29) is 0 Å². The van der Waals surface area contributed by atoms with E-state index in [9.17, 15) is 0 Å². The first-order chi connectivity index (χ1) is 8.65. The van der Waals surface area contributed by atoms with Crippen molar-refractivity contribution in [2.45, 2.75) is 13.3 Å². The zero-order valence-electron chi connectivity index (χ0n) is 10.6. The van der Waals surface area contributed by atoms with Crippen LogP contribution in [0.1, 0.15) is 11.4 Å². The van der Waals surface area contributed by atoms with E-state index in [4.69, 9.17) is 11.6 Å². The summed E-state index contributed by atoms with van der Waals surface area (Å²) >= 11 is 5.93. The zero-order valence-corrected chi connectivity index (χ0v) is 11.4. The predicted octanol–water partition coefficient (Wildman–Crippen LogP) is 3.12. The van der Waals surface area contributed by atoms with E-state index in [1.807, 2.05) is 20.0 Å². The number of benzene rings is 1. The molecule has 0 unspecified atom stereocenters. The van der Waals surface area contributed by atoms with E-state index in [2.05, 4.69) is 39.1 Å². The molecule has 0 aliphatic heterocycles. The van der Waals surface area contributed by atoms with Crippen LogP contribution in [0.15, 0.2) is 36.4 Å². The van der Waals surface area contributed by atoms with Gasteiger partial charge in [-0.05, 0) is 18.9 Å². The van der Waals surface area contributed by atoms with Gasteiger partial charge in [-0.1, -0.05) is 41.9 Å². The van der Waals surface area contributed by atoms with E-state index in [0.717, 1.165) is 18.8 Å². The van der Waals surface area contributed by atoms with Crippen molar-refractivity contribution in [3.63, 3.8) is 0 Å². The molecule has 94 valence electrons. The molecule has 3 nitrogen and oxygen atoms in total. The summed E-state index contributed by atoms with van der Waals surface area (Å²) in [5.74, 6) is 1.56.